The van der Waals surface area contributed by atoms with Gasteiger partial charge in [0.1, 0.15) is 0 Å². The first-order valence-electron chi connectivity index (χ1n) is 6.13. The average molecular weight is 290 g/mol. The molecule has 0 aliphatic rings. The van der Waals surface area contributed by atoms with Crippen molar-refractivity contribution < 1.29 is 5.11 Å². The van der Waals surface area contributed by atoms with Crippen LogP contribution in [-0.4, -0.2) is 17.8 Å². The second-order valence-electron chi connectivity index (χ2n) is 5.52. The normalized spacial score (nSPS) is 13.7. The molecule has 102 valence electrons. The predicted octanol–water partition coefficient (Wildman–Crippen LogP) is 3.88. The number of halogens is 2. The quantitative estimate of drug-likeness (QED) is 0.862. The zero-order chi connectivity index (χ0) is 13.8. The van der Waals surface area contributed by atoms with Crippen molar-refractivity contribution in [1.82, 2.24) is 5.32 Å². The zero-order valence-electron chi connectivity index (χ0n) is 11.1. The first kappa shape index (κ1) is 15.8. The molecule has 0 spiro atoms. The van der Waals surface area contributed by atoms with Crippen LogP contribution < -0.4 is 5.32 Å². The van der Waals surface area contributed by atoms with Crippen LogP contribution in [0.1, 0.15) is 32.8 Å². The molecule has 0 aromatic heterocycles. The van der Waals surface area contributed by atoms with Crippen LogP contribution in [0.2, 0.25) is 10.0 Å². The Hall–Kier alpha value is -0.280. The number of hydrogen-bond acceptors (Lipinski definition) is 2. The van der Waals surface area contributed by atoms with E-state index < -0.39 is 0 Å². The number of rotatable bonds is 5. The van der Waals surface area contributed by atoms with Gasteiger partial charge in [-0.2, -0.15) is 0 Å². The summed E-state index contributed by atoms with van der Waals surface area (Å²) in [4.78, 5) is 0. The summed E-state index contributed by atoms with van der Waals surface area (Å²) < 4.78 is 0. The van der Waals surface area contributed by atoms with Gasteiger partial charge in [0.2, 0.25) is 0 Å². The minimum atomic E-state index is 0.0911. The molecule has 0 amide bonds. The Bertz CT molecular complexity index is 388. The molecular weight excluding hydrogens is 269 g/mol. The van der Waals surface area contributed by atoms with Crippen LogP contribution in [0.5, 0.6) is 0 Å². The van der Waals surface area contributed by atoms with Gasteiger partial charge in [0.15, 0.2) is 0 Å². The summed E-state index contributed by atoms with van der Waals surface area (Å²) in [6.45, 7) is 7.29. The van der Waals surface area contributed by atoms with Crippen LogP contribution in [0, 0.1) is 5.41 Å². The SMILES string of the molecule is CC(C)(C)C(CCO)NCc1cccc(Cl)c1Cl. The fourth-order valence-corrected chi connectivity index (χ4v) is 2.28. The molecule has 0 radical (unpaired) electrons. The summed E-state index contributed by atoms with van der Waals surface area (Å²) in [6, 6.07) is 5.86. The van der Waals surface area contributed by atoms with E-state index in [1.807, 2.05) is 12.1 Å². The van der Waals surface area contributed by atoms with Crippen molar-refractivity contribution in [3.8, 4) is 0 Å². The molecule has 1 atom stereocenters. The maximum atomic E-state index is 9.11. The predicted molar refractivity (Wildman–Crippen MR) is 78.2 cm³/mol. The van der Waals surface area contributed by atoms with Crippen molar-refractivity contribution in [3.05, 3.63) is 33.8 Å². The highest BCUT2D eigenvalue weighted by Crippen LogP contribution is 2.27. The largest absolute Gasteiger partial charge is 0.396 e. The molecular formula is C14H21Cl2NO. The third-order valence-electron chi connectivity index (χ3n) is 3.03. The molecule has 0 fully saturated rings. The van der Waals surface area contributed by atoms with E-state index in [2.05, 4.69) is 26.1 Å². The molecule has 1 aromatic carbocycles. The monoisotopic (exact) mass is 289 g/mol. The van der Waals surface area contributed by atoms with E-state index >= 15 is 0 Å². The minimum absolute atomic E-state index is 0.0911. The Kier molecular flexibility index (Phi) is 5.93. The lowest BCUT2D eigenvalue weighted by atomic mass is 9.85. The van der Waals surface area contributed by atoms with Crippen molar-refractivity contribution in [2.45, 2.75) is 39.8 Å². The molecule has 2 N–H and O–H groups in total. The fourth-order valence-electron chi connectivity index (χ4n) is 1.89. The van der Waals surface area contributed by atoms with Crippen LogP contribution in [0.4, 0.5) is 0 Å². The van der Waals surface area contributed by atoms with E-state index in [-0.39, 0.29) is 18.1 Å². The second-order valence-corrected chi connectivity index (χ2v) is 6.31. The van der Waals surface area contributed by atoms with Gasteiger partial charge in [-0.05, 0) is 23.5 Å². The van der Waals surface area contributed by atoms with E-state index in [0.29, 0.717) is 16.6 Å². The average Bonchev–Trinajstić information content (AvgIpc) is 2.28. The number of aliphatic hydroxyl groups excluding tert-OH is 1. The van der Waals surface area contributed by atoms with Gasteiger partial charge in [-0.25, -0.2) is 0 Å². The molecule has 0 saturated heterocycles. The van der Waals surface area contributed by atoms with Gasteiger partial charge in [0.25, 0.3) is 0 Å². The van der Waals surface area contributed by atoms with Crippen LogP contribution in [-0.2, 0) is 6.54 Å². The number of aliphatic hydroxyl groups is 1. The molecule has 0 bridgehead atoms. The highest BCUT2D eigenvalue weighted by atomic mass is 35.5. The Balaban J connectivity index is 2.70. The Labute approximate surface area is 119 Å². The molecule has 0 saturated carbocycles. The maximum absolute atomic E-state index is 9.11. The molecule has 2 nitrogen and oxygen atoms in total. The van der Waals surface area contributed by atoms with Gasteiger partial charge in [-0.1, -0.05) is 56.1 Å². The van der Waals surface area contributed by atoms with Crippen molar-refractivity contribution in [2.24, 2.45) is 5.41 Å². The molecule has 0 heterocycles. The summed E-state index contributed by atoms with van der Waals surface area (Å²) in [7, 11) is 0. The molecule has 4 heteroatoms. The van der Waals surface area contributed by atoms with Gasteiger partial charge < -0.3 is 10.4 Å². The van der Waals surface area contributed by atoms with Gasteiger partial charge in [-0.15, -0.1) is 0 Å². The second kappa shape index (κ2) is 6.76. The molecule has 1 unspecified atom stereocenters. The maximum Gasteiger partial charge on any atom is 0.0637 e. The number of nitrogens with one attached hydrogen (secondary N) is 1. The summed E-state index contributed by atoms with van der Waals surface area (Å²) in [5.74, 6) is 0. The van der Waals surface area contributed by atoms with Crippen molar-refractivity contribution in [3.63, 3.8) is 0 Å². The third kappa shape index (κ3) is 4.43. The first-order chi connectivity index (χ1) is 8.36. The number of benzene rings is 1. The van der Waals surface area contributed by atoms with E-state index in [1.165, 1.54) is 0 Å². The fraction of sp³-hybridized carbons (Fsp3) is 0.571. The number of hydrogen-bond donors (Lipinski definition) is 2. The topological polar surface area (TPSA) is 32.3 Å². The van der Waals surface area contributed by atoms with E-state index in [1.54, 1.807) is 6.07 Å². The lowest BCUT2D eigenvalue weighted by Gasteiger charge is -2.31. The summed E-state index contributed by atoms with van der Waals surface area (Å²) in [6.07, 6.45) is 0.724. The lowest BCUT2D eigenvalue weighted by molar-refractivity contribution is 0.196. The van der Waals surface area contributed by atoms with E-state index in [4.69, 9.17) is 28.3 Å². The van der Waals surface area contributed by atoms with Crippen molar-refractivity contribution >= 4 is 23.2 Å². The van der Waals surface area contributed by atoms with Gasteiger partial charge in [0, 0.05) is 19.2 Å². The van der Waals surface area contributed by atoms with E-state index in [0.717, 1.165) is 12.0 Å². The molecule has 1 rings (SSSR count). The smallest absolute Gasteiger partial charge is 0.0637 e. The molecule has 1 aromatic rings. The van der Waals surface area contributed by atoms with Crippen LogP contribution in [0.25, 0.3) is 0 Å². The lowest BCUT2D eigenvalue weighted by Crippen LogP contribution is -2.40. The highest BCUT2D eigenvalue weighted by Gasteiger charge is 2.23. The Morgan fingerprint density at radius 2 is 1.94 bits per heavy atom. The summed E-state index contributed by atoms with van der Waals surface area (Å²) in [5, 5.41) is 13.7. The summed E-state index contributed by atoms with van der Waals surface area (Å²) >= 11 is 12.1. The van der Waals surface area contributed by atoms with Gasteiger partial charge >= 0.3 is 0 Å². The van der Waals surface area contributed by atoms with E-state index in [9.17, 15) is 0 Å². The zero-order valence-corrected chi connectivity index (χ0v) is 12.6. The Morgan fingerprint density at radius 3 is 2.50 bits per heavy atom. The minimum Gasteiger partial charge on any atom is -0.396 e. The van der Waals surface area contributed by atoms with Gasteiger partial charge in [-0.3, -0.25) is 0 Å². The van der Waals surface area contributed by atoms with Crippen LogP contribution in [0.3, 0.4) is 0 Å². The van der Waals surface area contributed by atoms with Crippen LogP contribution in [0.15, 0.2) is 18.2 Å². The summed E-state index contributed by atoms with van der Waals surface area (Å²) in [5.41, 5.74) is 1.07. The van der Waals surface area contributed by atoms with Crippen molar-refractivity contribution in [1.29, 1.82) is 0 Å². The van der Waals surface area contributed by atoms with Crippen molar-refractivity contribution in [2.75, 3.05) is 6.61 Å². The Morgan fingerprint density at radius 1 is 1.28 bits per heavy atom. The van der Waals surface area contributed by atoms with Crippen LogP contribution >= 0.6 is 23.2 Å². The molecule has 18 heavy (non-hydrogen) atoms. The first-order valence-corrected chi connectivity index (χ1v) is 6.89. The van der Waals surface area contributed by atoms with Gasteiger partial charge in [0.05, 0.1) is 10.0 Å². The molecule has 0 aliphatic carbocycles. The third-order valence-corrected chi connectivity index (χ3v) is 3.89. The standard InChI is InChI=1S/C14H21Cl2NO/c1-14(2,3)12(7-8-18)17-9-10-5-4-6-11(15)13(10)16/h4-6,12,17-18H,7-9H2,1-3H3. The molecule has 0 aliphatic heterocycles. The highest BCUT2D eigenvalue weighted by molar-refractivity contribution is 6.42.